The molecule has 12 nitrogen and oxygen atoms in total. The van der Waals surface area contributed by atoms with Gasteiger partial charge < -0.3 is 26.2 Å². The molecule has 29 heavy (non-hydrogen) atoms. The van der Waals surface area contributed by atoms with Crippen LogP contribution in [0.25, 0.3) is 0 Å². The zero-order valence-electron chi connectivity index (χ0n) is 16.1. The summed E-state index contributed by atoms with van der Waals surface area (Å²) in [6.07, 6.45) is 3.38. The van der Waals surface area contributed by atoms with Crippen LogP contribution in [0.2, 0.25) is 0 Å². The average Bonchev–Trinajstić information content (AvgIpc) is 2.66. The second-order valence-electron chi connectivity index (χ2n) is 6.08. The number of imide groups is 1. The van der Waals surface area contributed by atoms with Crippen molar-refractivity contribution in [3.05, 3.63) is 0 Å². The number of nitrogens with one attached hydrogen (secondary N) is 4. The van der Waals surface area contributed by atoms with Gasteiger partial charge in [0.1, 0.15) is 0 Å². The maximum Gasteiger partial charge on any atom is 0.381 e. The van der Waals surface area contributed by atoms with E-state index in [1.807, 2.05) is 0 Å². The van der Waals surface area contributed by atoms with Gasteiger partial charge >= 0.3 is 23.6 Å². The monoisotopic (exact) mass is 416 g/mol. The molecule has 0 spiro atoms. The third-order valence-corrected chi connectivity index (χ3v) is 3.58. The van der Waals surface area contributed by atoms with E-state index >= 15 is 0 Å². The minimum atomic E-state index is -2.06. The Morgan fingerprint density at radius 2 is 1.17 bits per heavy atom. The van der Waals surface area contributed by atoms with Gasteiger partial charge in [0, 0.05) is 19.5 Å². The van der Waals surface area contributed by atoms with Crippen LogP contribution in [0.1, 0.15) is 32.1 Å². The van der Waals surface area contributed by atoms with Gasteiger partial charge in [-0.05, 0) is 38.9 Å². The first-order valence-corrected chi connectivity index (χ1v) is 9.25. The van der Waals surface area contributed by atoms with Gasteiger partial charge in [0.05, 0.1) is 6.54 Å². The molecule has 0 unspecified atom stereocenters. The summed E-state index contributed by atoms with van der Waals surface area (Å²) in [5, 5.41) is 27.6. The lowest BCUT2D eigenvalue weighted by Gasteiger charge is -2.07. The Morgan fingerprint density at radius 1 is 0.621 bits per heavy atom. The van der Waals surface area contributed by atoms with Gasteiger partial charge in [0.2, 0.25) is 5.91 Å². The van der Waals surface area contributed by atoms with E-state index in [1.165, 1.54) is 0 Å². The number of ketones is 2. The zero-order chi connectivity index (χ0) is 22.1. The molecule has 0 aromatic carbocycles. The number of unbranched alkanes of at least 4 members (excludes halogenated alkanes) is 2. The Hall–Kier alpha value is -2.70. The van der Waals surface area contributed by atoms with Crippen LogP contribution in [0, 0.1) is 0 Å². The number of carbonyl (C=O) groups excluding carboxylic acids is 4. The molecule has 0 fully saturated rings. The molecule has 0 aliphatic carbocycles. The molecule has 0 aliphatic heterocycles. The van der Waals surface area contributed by atoms with E-state index in [0.717, 1.165) is 38.9 Å². The molecule has 6 N–H and O–H groups in total. The highest BCUT2D eigenvalue weighted by atomic mass is 16.4. The Kier molecular flexibility index (Phi) is 14.8. The van der Waals surface area contributed by atoms with Crippen LogP contribution in [0.4, 0.5) is 0 Å². The Morgan fingerprint density at radius 3 is 1.72 bits per heavy atom. The smallest absolute Gasteiger partial charge is 0.381 e. The summed E-state index contributed by atoms with van der Waals surface area (Å²) in [6, 6.07) is 0. The number of Topliss-reactive ketones (excluding diaryl/α,β-unsaturated/α-hetero) is 2. The second kappa shape index (κ2) is 16.3. The minimum absolute atomic E-state index is 0.162. The van der Waals surface area contributed by atoms with Crippen LogP contribution in [-0.4, -0.2) is 84.8 Å². The molecule has 0 saturated carbocycles. The van der Waals surface area contributed by atoms with Gasteiger partial charge in [-0.2, -0.15) is 0 Å². The quantitative estimate of drug-likeness (QED) is 0.0797. The summed E-state index contributed by atoms with van der Waals surface area (Å²) in [6.45, 7) is 3.30. The topological polar surface area (TPSA) is 191 Å². The van der Waals surface area contributed by atoms with Gasteiger partial charge in [-0.1, -0.05) is 6.42 Å². The molecule has 164 valence electrons. The fourth-order valence-corrected chi connectivity index (χ4v) is 2.10. The van der Waals surface area contributed by atoms with Crippen LogP contribution < -0.4 is 21.3 Å². The fraction of sp³-hybridized carbons (Fsp3) is 0.647. The first-order chi connectivity index (χ1) is 13.8. The van der Waals surface area contributed by atoms with Crippen molar-refractivity contribution in [2.24, 2.45) is 0 Å². The molecule has 0 radical (unpaired) electrons. The standard InChI is InChI=1S/C17H28N4O8/c22-12(21-16(27)14(25)15(26)17(28)29)11-20-7-3-1-2-6-18-9-10-19-8-4-5-13(23)24/h18-20H,1-11H2,(H,23,24)(H,28,29)(H,21,22,27). The van der Waals surface area contributed by atoms with Gasteiger partial charge in [0.15, 0.2) is 0 Å². The van der Waals surface area contributed by atoms with Crippen molar-refractivity contribution >= 4 is 35.3 Å². The van der Waals surface area contributed by atoms with Crippen molar-refractivity contribution < 1.29 is 39.0 Å². The van der Waals surface area contributed by atoms with Crippen LogP contribution in [0.15, 0.2) is 0 Å². The van der Waals surface area contributed by atoms with Crippen LogP contribution in [-0.2, 0) is 28.8 Å². The number of amides is 2. The summed E-state index contributed by atoms with van der Waals surface area (Å²) < 4.78 is 0. The Labute approximate surface area is 167 Å². The van der Waals surface area contributed by atoms with E-state index in [1.54, 1.807) is 5.32 Å². The van der Waals surface area contributed by atoms with E-state index < -0.39 is 35.3 Å². The fourth-order valence-electron chi connectivity index (χ4n) is 2.10. The number of carboxylic acid groups (broad SMARTS) is 2. The van der Waals surface area contributed by atoms with E-state index in [2.05, 4.69) is 16.0 Å². The first kappa shape index (κ1) is 26.3. The van der Waals surface area contributed by atoms with E-state index in [9.17, 15) is 28.8 Å². The predicted octanol–water partition coefficient (Wildman–Crippen LogP) is -2.34. The minimum Gasteiger partial charge on any atom is -0.481 e. The molecule has 2 amide bonds. The van der Waals surface area contributed by atoms with Gasteiger partial charge in [-0.3, -0.25) is 29.3 Å². The third kappa shape index (κ3) is 15.0. The summed E-state index contributed by atoms with van der Waals surface area (Å²) in [4.78, 5) is 65.2. The SMILES string of the molecule is O=C(O)CCCNCCNCCCCCNCC(=O)NC(=O)C(=O)C(=O)C(=O)O. The van der Waals surface area contributed by atoms with Crippen molar-refractivity contribution in [3.8, 4) is 0 Å². The van der Waals surface area contributed by atoms with E-state index in [0.29, 0.717) is 19.5 Å². The highest BCUT2D eigenvalue weighted by Crippen LogP contribution is 1.92. The lowest BCUT2D eigenvalue weighted by Crippen LogP contribution is -2.44. The van der Waals surface area contributed by atoms with Crippen molar-refractivity contribution in [2.45, 2.75) is 32.1 Å². The maximum atomic E-state index is 11.4. The highest BCUT2D eigenvalue weighted by molar-refractivity contribution is 6.77. The number of aliphatic carboxylic acids is 2. The molecule has 0 heterocycles. The van der Waals surface area contributed by atoms with Crippen LogP contribution in [0.3, 0.4) is 0 Å². The number of carbonyl (C=O) groups is 6. The molecule has 0 bridgehead atoms. The van der Waals surface area contributed by atoms with Crippen LogP contribution in [0.5, 0.6) is 0 Å². The lowest BCUT2D eigenvalue weighted by molar-refractivity contribution is -0.155. The summed E-state index contributed by atoms with van der Waals surface area (Å²) in [7, 11) is 0. The molecule has 0 aliphatic rings. The van der Waals surface area contributed by atoms with Crippen molar-refractivity contribution in [1.82, 2.24) is 21.3 Å². The molecule has 0 rings (SSSR count). The number of hydrogen-bond donors (Lipinski definition) is 6. The van der Waals surface area contributed by atoms with E-state index in [-0.39, 0.29) is 13.0 Å². The Bertz CT molecular complexity index is 594. The first-order valence-electron chi connectivity index (χ1n) is 9.25. The summed E-state index contributed by atoms with van der Waals surface area (Å²) in [5.74, 6) is -8.95. The van der Waals surface area contributed by atoms with Crippen molar-refractivity contribution in [1.29, 1.82) is 0 Å². The molecular weight excluding hydrogens is 388 g/mol. The molecule has 0 aromatic rings. The predicted molar refractivity (Wildman–Crippen MR) is 100 cm³/mol. The van der Waals surface area contributed by atoms with Gasteiger partial charge in [-0.25, -0.2) is 4.79 Å². The Balaban J connectivity index is 3.50. The second-order valence-corrected chi connectivity index (χ2v) is 6.08. The number of carboxylic acids is 2. The number of hydrogen-bond acceptors (Lipinski definition) is 9. The average molecular weight is 416 g/mol. The van der Waals surface area contributed by atoms with Crippen LogP contribution >= 0.6 is 0 Å². The summed E-state index contributed by atoms with van der Waals surface area (Å²) >= 11 is 0. The maximum absolute atomic E-state index is 11.4. The molecule has 12 heteroatoms. The number of rotatable bonds is 18. The van der Waals surface area contributed by atoms with Gasteiger partial charge in [0.25, 0.3) is 5.78 Å². The molecule has 0 saturated heterocycles. The van der Waals surface area contributed by atoms with E-state index in [4.69, 9.17) is 10.2 Å². The molecule has 0 atom stereocenters. The lowest BCUT2D eigenvalue weighted by atomic mass is 10.2. The van der Waals surface area contributed by atoms with Crippen molar-refractivity contribution in [3.63, 3.8) is 0 Å². The normalized spacial score (nSPS) is 10.3. The largest absolute Gasteiger partial charge is 0.481 e. The third-order valence-electron chi connectivity index (χ3n) is 3.58. The molecule has 0 aromatic heterocycles. The summed E-state index contributed by atoms with van der Waals surface area (Å²) in [5.41, 5.74) is 0. The highest BCUT2D eigenvalue weighted by Gasteiger charge is 2.29. The molecular formula is C17H28N4O8. The van der Waals surface area contributed by atoms with Gasteiger partial charge in [-0.15, -0.1) is 0 Å². The van der Waals surface area contributed by atoms with Crippen molar-refractivity contribution in [2.75, 3.05) is 39.3 Å². The zero-order valence-corrected chi connectivity index (χ0v) is 16.1.